The first kappa shape index (κ1) is 13.0. The Morgan fingerprint density at radius 3 is 2.18 bits per heavy atom. The smallest absolute Gasteiger partial charge is 0.143 e. The van der Waals surface area contributed by atoms with E-state index in [2.05, 4.69) is 0 Å². The maximum atomic E-state index is 13.4. The molecule has 0 nitrogen and oxygen atoms in total. The number of hydrogen-bond donors (Lipinski definition) is 0. The van der Waals surface area contributed by atoms with Gasteiger partial charge >= 0.3 is 0 Å². The van der Waals surface area contributed by atoms with Gasteiger partial charge in [-0.2, -0.15) is 0 Å². The van der Waals surface area contributed by atoms with E-state index < -0.39 is 5.82 Å². The van der Waals surface area contributed by atoms with E-state index in [-0.39, 0.29) is 10.0 Å². The molecule has 0 heterocycles. The van der Waals surface area contributed by atoms with Crippen molar-refractivity contribution in [3.05, 3.63) is 56.2 Å². The summed E-state index contributed by atoms with van der Waals surface area (Å²) in [6.07, 6.45) is 0. The lowest BCUT2D eigenvalue weighted by Crippen LogP contribution is -1.85. The first-order chi connectivity index (χ1) is 7.99. The molecule has 0 fully saturated rings. The van der Waals surface area contributed by atoms with Crippen LogP contribution < -0.4 is 0 Å². The monoisotopic (exact) mass is 308 g/mol. The SMILES string of the molecule is Fc1cc(Cl)cc(-c2ccc(Cl)c(Cl)c2)c1Cl. The maximum absolute atomic E-state index is 13.4. The molecule has 0 N–H and O–H groups in total. The second-order valence-corrected chi connectivity index (χ2v) is 5.01. The molecular weight excluding hydrogens is 305 g/mol. The molecule has 88 valence electrons. The molecule has 0 aliphatic heterocycles. The van der Waals surface area contributed by atoms with E-state index in [1.54, 1.807) is 24.3 Å². The topological polar surface area (TPSA) is 0 Å². The van der Waals surface area contributed by atoms with Crippen molar-refractivity contribution in [1.82, 2.24) is 0 Å². The summed E-state index contributed by atoms with van der Waals surface area (Å²) in [5.74, 6) is -0.569. The van der Waals surface area contributed by atoms with E-state index in [1.165, 1.54) is 0 Å². The molecule has 0 atom stereocenters. The first-order valence-corrected chi connectivity index (χ1v) is 6.10. The zero-order valence-corrected chi connectivity index (χ0v) is 11.3. The van der Waals surface area contributed by atoms with Gasteiger partial charge < -0.3 is 0 Å². The van der Waals surface area contributed by atoms with E-state index in [4.69, 9.17) is 46.4 Å². The second-order valence-electron chi connectivity index (χ2n) is 3.38. The highest BCUT2D eigenvalue weighted by atomic mass is 35.5. The lowest BCUT2D eigenvalue weighted by atomic mass is 10.1. The van der Waals surface area contributed by atoms with Crippen molar-refractivity contribution in [3.8, 4) is 11.1 Å². The van der Waals surface area contributed by atoms with Gasteiger partial charge in [0.1, 0.15) is 5.82 Å². The highest BCUT2D eigenvalue weighted by molar-refractivity contribution is 6.42. The van der Waals surface area contributed by atoms with Gasteiger partial charge in [-0.05, 0) is 29.8 Å². The summed E-state index contributed by atoms with van der Waals surface area (Å²) < 4.78 is 13.4. The van der Waals surface area contributed by atoms with Crippen LogP contribution in [0.4, 0.5) is 4.39 Å². The molecule has 0 aromatic heterocycles. The largest absolute Gasteiger partial charge is 0.205 e. The summed E-state index contributed by atoms with van der Waals surface area (Å²) in [5.41, 5.74) is 1.14. The van der Waals surface area contributed by atoms with Crippen LogP contribution in [-0.4, -0.2) is 0 Å². The normalized spacial score (nSPS) is 10.6. The van der Waals surface area contributed by atoms with Crippen molar-refractivity contribution in [3.63, 3.8) is 0 Å². The summed E-state index contributed by atoms with van der Waals surface area (Å²) in [6, 6.07) is 7.66. The van der Waals surface area contributed by atoms with Crippen LogP contribution in [0.2, 0.25) is 20.1 Å². The molecular formula is C12H5Cl4F. The Kier molecular flexibility index (Phi) is 3.84. The predicted octanol–water partition coefficient (Wildman–Crippen LogP) is 6.11. The minimum absolute atomic E-state index is 0.00721. The Morgan fingerprint density at radius 1 is 0.824 bits per heavy atom. The van der Waals surface area contributed by atoms with E-state index >= 15 is 0 Å². The summed E-state index contributed by atoms with van der Waals surface area (Å²) in [6.45, 7) is 0. The summed E-state index contributed by atoms with van der Waals surface area (Å²) in [5, 5.41) is 1.08. The van der Waals surface area contributed by atoms with Gasteiger partial charge in [-0.15, -0.1) is 0 Å². The zero-order valence-electron chi connectivity index (χ0n) is 8.28. The average molecular weight is 310 g/mol. The molecule has 0 aliphatic rings. The van der Waals surface area contributed by atoms with Crippen LogP contribution in [0.5, 0.6) is 0 Å². The van der Waals surface area contributed by atoms with Crippen LogP contribution in [0.3, 0.4) is 0 Å². The summed E-state index contributed by atoms with van der Waals surface area (Å²) in [4.78, 5) is 0. The summed E-state index contributed by atoms with van der Waals surface area (Å²) in [7, 11) is 0. The minimum atomic E-state index is -0.569. The lowest BCUT2D eigenvalue weighted by Gasteiger charge is -2.07. The van der Waals surface area contributed by atoms with Gasteiger partial charge in [0.25, 0.3) is 0 Å². The number of benzene rings is 2. The first-order valence-electron chi connectivity index (χ1n) is 4.59. The molecule has 0 bridgehead atoms. The fourth-order valence-corrected chi connectivity index (χ4v) is 2.15. The van der Waals surface area contributed by atoms with Gasteiger partial charge in [0, 0.05) is 10.6 Å². The third kappa shape index (κ3) is 2.69. The fourth-order valence-electron chi connectivity index (χ4n) is 1.43. The van der Waals surface area contributed by atoms with Gasteiger partial charge in [0.05, 0.1) is 15.1 Å². The molecule has 2 aromatic carbocycles. The maximum Gasteiger partial charge on any atom is 0.143 e. The van der Waals surface area contributed by atoms with Crippen molar-refractivity contribution in [2.24, 2.45) is 0 Å². The second kappa shape index (κ2) is 5.03. The molecule has 0 aliphatic carbocycles. The van der Waals surface area contributed by atoms with Gasteiger partial charge in [-0.25, -0.2) is 4.39 Å². The van der Waals surface area contributed by atoms with Crippen molar-refractivity contribution in [2.75, 3.05) is 0 Å². The predicted molar refractivity (Wildman–Crippen MR) is 71.9 cm³/mol. The van der Waals surface area contributed by atoms with Crippen LogP contribution in [0, 0.1) is 5.82 Å². The van der Waals surface area contributed by atoms with Crippen molar-refractivity contribution in [2.45, 2.75) is 0 Å². The van der Waals surface area contributed by atoms with Crippen LogP contribution in [0.15, 0.2) is 30.3 Å². The van der Waals surface area contributed by atoms with Crippen LogP contribution in [0.1, 0.15) is 0 Å². The Bertz CT molecular complexity index is 581. The van der Waals surface area contributed by atoms with Crippen LogP contribution >= 0.6 is 46.4 Å². The molecule has 0 spiro atoms. The van der Waals surface area contributed by atoms with Crippen LogP contribution in [-0.2, 0) is 0 Å². The number of halogens is 5. The molecule has 0 saturated carbocycles. The van der Waals surface area contributed by atoms with Gasteiger partial charge in [0.15, 0.2) is 0 Å². The Labute approximate surface area is 118 Å². The van der Waals surface area contributed by atoms with E-state index in [0.717, 1.165) is 6.07 Å². The molecule has 0 saturated heterocycles. The highest BCUT2D eigenvalue weighted by Gasteiger charge is 2.11. The van der Waals surface area contributed by atoms with Crippen molar-refractivity contribution < 1.29 is 4.39 Å². The quantitative estimate of drug-likeness (QED) is 0.558. The van der Waals surface area contributed by atoms with Crippen molar-refractivity contribution in [1.29, 1.82) is 0 Å². The summed E-state index contributed by atoms with van der Waals surface area (Å²) >= 11 is 23.4. The molecule has 0 amide bonds. The van der Waals surface area contributed by atoms with E-state index in [1.807, 2.05) is 0 Å². The van der Waals surface area contributed by atoms with Gasteiger partial charge in [-0.3, -0.25) is 0 Å². The molecule has 0 radical (unpaired) electrons. The average Bonchev–Trinajstić information content (AvgIpc) is 2.27. The molecule has 5 heteroatoms. The Morgan fingerprint density at radius 2 is 1.53 bits per heavy atom. The van der Waals surface area contributed by atoms with Gasteiger partial charge in [0.2, 0.25) is 0 Å². The number of rotatable bonds is 1. The van der Waals surface area contributed by atoms with Crippen molar-refractivity contribution >= 4 is 46.4 Å². The van der Waals surface area contributed by atoms with E-state index in [9.17, 15) is 4.39 Å². The molecule has 2 aromatic rings. The standard InChI is InChI=1S/C12H5Cl4F/c13-7-4-8(12(16)11(17)5-7)6-1-2-9(14)10(15)3-6/h1-5H. The minimum Gasteiger partial charge on any atom is -0.205 e. The number of hydrogen-bond acceptors (Lipinski definition) is 0. The third-order valence-corrected chi connectivity index (χ3v) is 3.56. The highest BCUT2D eigenvalue weighted by Crippen LogP contribution is 2.35. The zero-order chi connectivity index (χ0) is 12.6. The Hall–Kier alpha value is -0.470. The lowest BCUT2D eigenvalue weighted by molar-refractivity contribution is 0.629. The molecule has 2 rings (SSSR count). The molecule has 0 unspecified atom stereocenters. The van der Waals surface area contributed by atoms with Crippen LogP contribution in [0.25, 0.3) is 11.1 Å². The van der Waals surface area contributed by atoms with E-state index in [0.29, 0.717) is 21.2 Å². The fraction of sp³-hybridized carbons (Fsp3) is 0. The third-order valence-electron chi connectivity index (χ3n) is 2.22. The van der Waals surface area contributed by atoms with Gasteiger partial charge in [-0.1, -0.05) is 52.5 Å². The Balaban J connectivity index is 2.64. The molecule has 17 heavy (non-hydrogen) atoms.